The van der Waals surface area contributed by atoms with Crippen molar-refractivity contribution in [3.63, 3.8) is 0 Å². The Balaban J connectivity index is 2.23. The minimum Gasteiger partial charge on any atom is -0.480 e. The number of nitrogens with zero attached hydrogens (tertiary/aromatic N) is 1. The van der Waals surface area contributed by atoms with E-state index in [9.17, 15) is 9.59 Å². The summed E-state index contributed by atoms with van der Waals surface area (Å²) in [6, 6.07) is 0. The Kier molecular flexibility index (Phi) is 5.71. The molecule has 1 saturated heterocycles. The molecule has 1 heterocycles. The van der Waals surface area contributed by atoms with Crippen molar-refractivity contribution in [3.05, 3.63) is 34.3 Å². The van der Waals surface area contributed by atoms with E-state index in [2.05, 4.69) is 32.9 Å². The first-order chi connectivity index (χ1) is 11.1. The zero-order chi connectivity index (χ0) is 18.1. The van der Waals surface area contributed by atoms with Gasteiger partial charge in [-0.1, -0.05) is 63.0 Å². The molecule has 2 aliphatic rings. The highest BCUT2D eigenvalue weighted by atomic mass is 32.2. The molecule has 0 aromatic heterocycles. The van der Waals surface area contributed by atoms with Crippen LogP contribution in [0.4, 0.5) is 0 Å². The van der Waals surface area contributed by atoms with Gasteiger partial charge in [-0.3, -0.25) is 14.5 Å². The highest BCUT2D eigenvalue weighted by Crippen LogP contribution is 2.40. The number of allylic oxidation sites excluding steroid dienone is 5. The van der Waals surface area contributed by atoms with Crippen LogP contribution in [0.15, 0.2) is 34.3 Å². The Hall–Kier alpha value is -1.40. The predicted molar refractivity (Wildman–Crippen MR) is 102 cm³/mol. The van der Waals surface area contributed by atoms with Crippen molar-refractivity contribution in [2.24, 2.45) is 11.3 Å². The van der Waals surface area contributed by atoms with Crippen molar-refractivity contribution in [2.75, 3.05) is 6.54 Å². The number of carboxylic acid groups (broad SMARTS) is 1. The topological polar surface area (TPSA) is 57.6 Å². The van der Waals surface area contributed by atoms with Crippen molar-refractivity contribution in [1.29, 1.82) is 0 Å². The van der Waals surface area contributed by atoms with E-state index >= 15 is 0 Å². The lowest BCUT2D eigenvalue weighted by atomic mass is 9.73. The van der Waals surface area contributed by atoms with Crippen LogP contribution in [0.2, 0.25) is 0 Å². The summed E-state index contributed by atoms with van der Waals surface area (Å²) in [5.41, 5.74) is 2.22. The number of carbonyl (C=O) groups is 2. The second-order valence-electron chi connectivity index (χ2n) is 7.02. The monoisotopic (exact) mass is 365 g/mol. The van der Waals surface area contributed by atoms with Gasteiger partial charge in [0.25, 0.3) is 5.91 Å². The number of carbonyl (C=O) groups excluding carboxylic acids is 1. The maximum absolute atomic E-state index is 12.4. The minimum absolute atomic E-state index is 0.130. The van der Waals surface area contributed by atoms with Gasteiger partial charge in [-0.2, -0.15) is 0 Å². The zero-order valence-corrected chi connectivity index (χ0v) is 16.1. The molecular formula is C18H23NO3S2. The fourth-order valence-corrected chi connectivity index (χ4v) is 4.09. The minimum atomic E-state index is -1.07. The molecule has 130 valence electrons. The van der Waals surface area contributed by atoms with Crippen LogP contribution >= 0.6 is 24.0 Å². The highest BCUT2D eigenvalue weighted by Gasteiger charge is 2.34. The van der Waals surface area contributed by atoms with E-state index in [0.29, 0.717) is 15.1 Å². The summed E-state index contributed by atoms with van der Waals surface area (Å²) >= 11 is 6.30. The van der Waals surface area contributed by atoms with Gasteiger partial charge in [0.2, 0.25) is 0 Å². The van der Waals surface area contributed by atoms with Gasteiger partial charge in [0.1, 0.15) is 10.9 Å². The summed E-state index contributed by atoms with van der Waals surface area (Å²) in [7, 11) is 0. The first-order valence-corrected chi connectivity index (χ1v) is 9.21. The summed E-state index contributed by atoms with van der Waals surface area (Å²) in [5, 5.41) is 8.89. The lowest BCUT2D eigenvalue weighted by molar-refractivity contribution is -0.140. The molecule has 0 aromatic carbocycles. The number of rotatable bonds is 4. The molecule has 1 fully saturated rings. The average Bonchev–Trinajstić information content (AvgIpc) is 2.76. The van der Waals surface area contributed by atoms with E-state index in [1.807, 2.05) is 13.0 Å². The lowest BCUT2D eigenvalue weighted by Gasteiger charge is -2.32. The maximum Gasteiger partial charge on any atom is 0.323 e. The molecule has 1 amide bonds. The van der Waals surface area contributed by atoms with E-state index in [1.165, 1.54) is 23.8 Å². The van der Waals surface area contributed by atoms with Crippen LogP contribution in [0.1, 0.15) is 40.5 Å². The molecule has 1 unspecified atom stereocenters. The molecule has 1 atom stereocenters. The molecule has 0 saturated carbocycles. The van der Waals surface area contributed by atoms with Crippen molar-refractivity contribution >= 4 is 40.2 Å². The fraction of sp³-hybridized carbons (Fsp3) is 0.500. The largest absolute Gasteiger partial charge is 0.480 e. The molecule has 0 bridgehead atoms. The molecule has 1 N–H and O–H groups in total. The summed E-state index contributed by atoms with van der Waals surface area (Å²) < 4.78 is 0.302. The van der Waals surface area contributed by atoms with Gasteiger partial charge in [0.05, 0.1) is 4.91 Å². The van der Waals surface area contributed by atoms with E-state index < -0.39 is 5.97 Å². The SMILES string of the molecule is CC(/C=C/C1=CC(C)CCC1(C)C)=C1/SC(=S)N(CC(=O)O)C1=O. The standard InChI is InChI=1S/C18H23NO3S2/c1-11-7-8-18(3,4)13(9-11)6-5-12(2)15-16(22)19(10-14(20)21)17(23)24-15/h5-6,9,11H,7-8,10H2,1-4H3,(H,20,21)/b6-5+,15-12-. The van der Waals surface area contributed by atoms with Crippen molar-refractivity contribution in [1.82, 2.24) is 4.90 Å². The third-order valence-corrected chi connectivity index (χ3v) is 6.05. The highest BCUT2D eigenvalue weighted by molar-refractivity contribution is 8.26. The molecule has 1 aliphatic heterocycles. The number of thiocarbonyl (C=S) groups is 1. The maximum atomic E-state index is 12.4. The van der Waals surface area contributed by atoms with Crippen LogP contribution in [-0.2, 0) is 9.59 Å². The van der Waals surface area contributed by atoms with E-state index in [0.717, 1.165) is 16.9 Å². The van der Waals surface area contributed by atoms with Crippen LogP contribution in [0.25, 0.3) is 0 Å². The summed E-state index contributed by atoms with van der Waals surface area (Å²) in [6.07, 6.45) is 8.65. The first kappa shape index (κ1) is 18.9. The Morgan fingerprint density at radius 1 is 1.54 bits per heavy atom. The van der Waals surface area contributed by atoms with E-state index in [-0.39, 0.29) is 17.9 Å². The molecule has 24 heavy (non-hydrogen) atoms. The normalized spacial score (nSPS) is 26.1. The second kappa shape index (κ2) is 7.23. The molecular weight excluding hydrogens is 342 g/mol. The number of amides is 1. The Labute approximate surface area is 152 Å². The van der Waals surface area contributed by atoms with Crippen LogP contribution in [0.5, 0.6) is 0 Å². The predicted octanol–water partition coefficient (Wildman–Crippen LogP) is 4.14. The van der Waals surface area contributed by atoms with Gasteiger partial charge in [0, 0.05) is 0 Å². The number of aliphatic carboxylic acids is 1. The quantitative estimate of drug-likeness (QED) is 0.599. The third-order valence-electron chi connectivity index (χ3n) is 4.48. The smallest absolute Gasteiger partial charge is 0.323 e. The first-order valence-electron chi connectivity index (χ1n) is 7.98. The van der Waals surface area contributed by atoms with Crippen molar-refractivity contribution in [3.8, 4) is 0 Å². The molecule has 6 heteroatoms. The Bertz CT molecular complexity index is 674. The van der Waals surface area contributed by atoms with Crippen molar-refractivity contribution in [2.45, 2.75) is 40.5 Å². The van der Waals surface area contributed by atoms with E-state index in [1.54, 1.807) is 0 Å². The van der Waals surface area contributed by atoms with Gasteiger partial charge < -0.3 is 5.11 Å². The van der Waals surface area contributed by atoms with Gasteiger partial charge >= 0.3 is 5.97 Å². The van der Waals surface area contributed by atoms with Gasteiger partial charge in [-0.25, -0.2) is 0 Å². The number of thioether (sulfide) groups is 1. The second-order valence-corrected chi connectivity index (χ2v) is 8.66. The summed E-state index contributed by atoms with van der Waals surface area (Å²) in [5.74, 6) is -0.824. The molecule has 1 aliphatic carbocycles. The summed E-state index contributed by atoms with van der Waals surface area (Å²) in [6.45, 7) is 8.16. The van der Waals surface area contributed by atoms with Gasteiger partial charge in [-0.05, 0) is 42.2 Å². The lowest BCUT2D eigenvalue weighted by Crippen LogP contribution is -2.33. The molecule has 0 radical (unpaired) electrons. The van der Waals surface area contributed by atoms with Gasteiger partial charge in [-0.15, -0.1) is 0 Å². The number of hydrogen-bond acceptors (Lipinski definition) is 4. The van der Waals surface area contributed by atoms with E-state index in [4.69, 9.17) is 17.3 Å². The summed E-state index contributed by atoms with van der Waals surface area (Å²) in [4.78, 5) is 24.9. The van der Waals surface area contributed by atoms with Crippen LogP contribution in [-0.4, -0.2) is 32.7 Å². The number of carboxylic acids is 1. The van der Waals surface area contributed by atoms with Crippen LogP contribution in [0, 0.1) is 11.3 Å². The molecule has 4 nitrogen and oxygen atoms in total. The van der Waals surface area contributed by atoms with Crippen LogP contribution in [0.3, 0.4) is 0 Å². The molecule has 0 aromatic rings. The zero-order valence-electron chi connectivity index (χ0n) is 14.5. The number of hydrogen-bond donors (Lipinski definition) is 1. The fourth-order valence-electron chi connectivity index (χ4n) is 2.83. The molecule has 2 rings (SSSR count). The average molecular weight is 366 g/mol. The van der Waals surface area contributed by atoms with Crippen molar-refractivity contribution < 1.29 is 14.7 Å². The van der Waals surface area contributed by atoms with Crippen LogP contribution < -0.4 is 0 Å². The Morgan fingerprint density at radius 3 is 2.83 bits per heavy atom. The third kappa shape index (κ3) is 4.16. The molecule has 0 spiro atoms. The Morgan fingerprint density at radius 2 is 2.21 bits per heavy atom. The van der Waals surface area contributed by atoms with Gasteiger partial charge in [0.15, 0.2) is 0 Å².